The number of carbonyl (C=O) groups is 1. The van der Waals surface area contributed by atoms with Crippen molar-refractivity contribution in [3.8, 4) is 0 Å². The summed E-state index contributed by atoms with van der Waals surface area (Å²) in [6.07, 6.45) is 1.60. The van der Waals surface area contributed by atoms with Crippen LogP contribution in [0.2, 0.25) is 23.2 Å². The summed E-state index contributed by atoms with van der Waals surface area (Å²) in [6, 6.07) is 5.42. The number of rotatable bonds is 5. The maximum absolute atomic E-state index is 11.0. The van der Waals surface area contributed by atoms with Gasteiger partial charge in [0.25, 0.3) is 0 Å². The first-order valence-electron chi connectivity index (χ1n) is 6.55. The Balaban J connectivity index is 2.66. The molecule has 1 aromatic carbocycles. The summed E-state index contributed by atoms with van der Waals surface area (Å²) in [7, 11) is -1.71. The Labute approximate surface area is 122 Å². The zero-order valence-electron chi connectivity index (χ0n) is 12.4. The van der Waals surface area contributed by atoms with E-state index in [0.29, 0.717) is 17.2 Å². The van der Waals surface area contributed by atoms with Crippen LogP contribution in [0.5, 0.6) is 0 Å². The standard InChI is InChI=1S/C15H23ClO2Si/c1-15(2,3)19(4,5)18-9-8-12-6-7-14(16)10-13(12)11-17/h6-7,10-11H,8-9H2,1-5H3. The Morgan fingerprint density at radius 3 is 2.47 bits per heavy atom. The third-order valence-corrected chi connectivity index (χ3v) is 8.65. The number of carbonyl (C=O) groups excluding carboxylic acids is 1. The van der Waals surface area contributed by atoms with Crippen LogP contribution < -0.4 is 0 Å². The average Bonchev–Trinajstić information content (AvgIpc) is 2.29. The number of halogens is 1. The molecule has 0 aromatic heterocycles. The maximum atomic E-state index is 11.0. The van der Waals surface area contributed by atoms with Crippen molar-refractivity contribution in [1.82, 2.24) is 0 Å². The fourth-order valence-electron chi connectivity index (χ4n) is 1.54. The Morgan fingerprint density at radius 1 is 1.32 bits per heavy atom. The van der Waals surface area contributed by atoms with Gasteiger partial charge >= 0.3 is 0 Å². The second kappa shape index (κ2) is 6.20. The first-order valence-corrected chi connectivity index (χ1v) is 9.83. The van der Waals surface area contributed by atoms with Crippen LogP contribution in [-0.4, -0.2) is 21.2 Å². The smallest absolute Gasteiger partial charge is 0.191 e. The summed E-state index contributed by atoms with van der Waals surface area (Å²) < 4.78 is 6.12. The van der Waals surface area contributed by atoms with E-state index in [1.165, 1.54) is 0 Å². The Bertz CT molecular complexity index is 450. The lowest BCUT2D eigenvalue weighted by molar-refractivity contribution is 0.112. The number of hydrogen-bond acceptors (Lipinski definition) is 2. The maximum Gasteiger partial charge on any atom is 0.191 e. The molecule has 0 aliphatic carbocycles. The van der Waals surface area contributed by atoms with Gasteiger partial charge in [0.15, 0.2) is 8.32 Å². The molecule has 0 heterocycles. The van der Waals surface area contributed by atoms with Crippen molar-refractivity contribution in [2.45, 2.75) is 45.3 Å². The molecule has 0 radical (unpaired) electrons. The summed E-state index contributed by atoms with van der Waals surface area (Å²) in [4.78, 5) is 11.0. The van der Waals surface area contributed by atoms with Gasteiger partial charge in [-0.25, -0.2) is 0 Å². The van der Waals surface area contributed by atoms with E-state index in [0.717, 1.165) is 18.3 Å². The highest BCUT2D eigenvalue weighted by Gasteiger charge is 2.36. The van der Waals surface area contributed by atoms with E-state index in [1.807, 2.05) is 12.1 Å². The predicted octanol–water partition coefficient (Wildman–Crippen LogP) is 4.72. The third-order valence-electron chi connectivity index (χ3n) is 3.88. The highest BCUT2D eigenvalue weighted by atomic mass is 35.5. The molecule has 0 amide bonds. The highest BCUT2D eigenvalue weighted by Crippen LogP contribution is 2.36. The van der Waals surface area contributed by atoms with E-state index < -0.39 is 8.32 Å². The molecule has 0 N–H and O–H groups in total. The first kappa shape index (κ1) is 16.4. The highest BCUT2D eigenvalue weighted by molar-refractivity contribution is 6.74. The molecule has 0 aliphatic heterocycles. The topological polar surface area (TPSA) is 26.3 Å². The summed E-state index contributed by atoms with van der Waals surface area (Å²) in [6.45, 7) is 11.8. The zero-order chi connectivity index (χ0) is 14.7. The molecule has 0 aliphatic rings. The molecule has 19 heavy (non-hydrogen) atoms. The van der Waals surface area contributed by atoms with Crippen molar-refractivity contribution >= 4 is 26.2 Å². The van der Waals surface area contributed by atoms with E-state index in [2.05, 4.69) is 33.9 Å². The van der Waals surface area contributed by atoms with Gasteiger partial charge < -0.3 is 4.43 Å². The molecule has 1 aromatic rings. The molecular weight excluding hydrogens is 276 g/mol. The van der Waals surface area contributed by atoms with E-state index in [4.69, 9.17) is 16.0 Å². The summed E-state index contributed by atoms with van der Waals surface area (Å²) in [5.41, 5.74) is 1.66. The van der Waals surface area contributed by atoms with Crippen molar-refractivity contribution in [2.24, 2.45) is 0 Å². The van der Waals surface area contributed by atoms with Crippen molar-refractivity contribution in [3.05, 3.63) is 34.3 Å². The molecule has 0 fully saturated rings. The molecule has 0 atom stereocenters. The molecule has 2 nitrogen and oxygen atoms in total. The van der Waals surface area contributed by atoms with Crippen LogP contribution in [0.1, 0.15) is 36.7 Å². The van der Waals surface area contributed by atoms with Crippen LogP contribution in [0.4, 0.5) is 0 Å². The van der Waals surface area contributed by atoms with Gasteiger partial charge in [0, 0.05) is 17.2 Å². The minimum absolute atomic E-state index is 0.209. The fourth-order valence-corrected chi connectivity index (χ4v) is 2.76. The molecule has 0 saturated heterocycles. The third kappa shape index (κ3) is 4.44. The van der Waals surface area contributed by atoms with E-state index >= 15 is 0 Å². The van der Waals surface area contributed by atoms with Crippen LogP contribution in [-0.2, 0) is 10.8 Å². The van der Waals surface area contributed by atoms with Gasteiger partial charge in [-0.2, -0.15) is 0 Å². The summed E-state index contributed by atoms with van der Waals surface area (Å²) >= 11 is 5.88. The molecule has 0 bridgehead atoms. The van der Waals surface area contributed by atoms with Gasteiger partial charge in [0.1, 0.15) is 6.29 Å². The van der Waals surface area contributed by atoms with Crippen molar-refractivity contribution < 1.29 is 9.22 Å². The average molecular weight is 299 g/mol. The lowest BCUT2D eigenvalue weighted by Gasteiger charge is -2.36. The van der Waals surface area contributed by atoms with Gasteiger partial charge in [0.2, 0.25) is 0 Å². The Morgan fingerprint density at radius 2 is 1.95 bits per heavy atom. The summed E-state index contributed by atoms with van der Waals surface area (Å²) in [5, 5.41) is 0.802. The van der Waals surface area contributed by atoms with Gasteiger partial charge in [-0.1, -0.05) is 38.4 Å². The summed E-state index contributed by atoms with van der Waals surface area (Å²) in [5.74, 6) is 0. The number of aldehydes is 1. The van der Waals surface area contributed by atoms with E-state index in [-0.39, 0.29) is 5.04 Å². The number of hydrogen-bond donors (Lipinski definition) is 0. The van der Waals surface area contributed by atoms with Gasteiger partial charge in [-0.05, 0) is 42.2 Å². The van der Waals surface area contributed by atoms with Crippen LogP contribution in [0.25, 0.3) is 0 Å². The minimum atomic E-state index is -1.71. The molecule has 0 spiro atoms. The Hall–Kier alpha value is -0.643. The molecule has 1 rings (SSSR count). The molecule has 106 valence electrons. The SMILES string of the molecule is CC(C)(C)[Si](C)(C)OCCc1ccc(Cl)cc1C=O. The molecule has 0 unspecified atom stereocenters. The minimum Gasteiger partial charge on any atom is -0.416 e. The van der Waals surface area contributed by atoms with Crippen LogP contribution in [0.3, 0.4) is 0 Å². The second-order valence-corrected chi connectivity index (χ2v) is 11.6. The monoisotopic (exact) mass is 298 g/mol. The Kier molecular flexibility index (Phi) is 5.36. The molecular formula is C15H23ClO2Si. The van der Waals surface area contributed by atoms with Gasteiger partial charge in [-0.3, -0.25) is 4.79 Å². The quantitative estimate of drug-likeness (QED) is 0.581. The van der Waals surface area contributed by atoms with Gasteiger partial charge in [0.05, 0.1) is 0 Å². The largest absolute Gasteiger partial charge is 0.416 e. The lowest BCUT2D eigenvalue weighted by Crippen LogP contribution is -2.41. The molecule has 0 saturated carbocycles. The molecule has 4 heteroatoms. The zero-order valence-corrected chi connectivity index (χ0v) is 14.2. The second-order valence-electron chi connectivity index (χ2n) is 6.32. The predicted molar refractivity (Wildman–Crippen MR) is 83.7 cm³/mol. The van der Waals surface area contributed by atoms with Crippen LogP contribution in [0, 0.1) is 0 Å². The number of benzene rings is 1. The first-order chi connectivity index (χ1) is 8.67. The normalized spacial score (nSPS) is 12.5. The van der Waals surface area contributed by atoms with Crippen molar-refractivity contribution in [3.63, 3.8) is 0 Å². The van der Waals surface area contributed by atoms with Crippen molar-refractivity contribution in [1.29, 1.82) is 0 Å². The van der Waals surface area contributed by atoms with Crippen LogP contribution >= 0.6 is 11.6 Å². The fraction of sp³-hybridized carbons (Fsp3) is 0.533. The van der Waals surface area contributed by atoms with Crippen LogP contribution in [0.15, 0.2) is 18.2 Å². The van der Waals surface area contributed by atoms with E-state index in [1.54, 1.807) is 6.07 Å². The lowest BCUT2D eigenvalue weighted by atomic mass is 10.1. The van der Waals surface area contributed by atoms with Crippen molar-refractivity contribution in [2.75, 3.05) is 6.61 Å². The van der Waals surface area contributed by atoms with Gasteiger partial charge in [-0.15, -0.1) is 0 Å². The van der Waals surface area contributed by atoms with E-state index in [9.17, 15) is 4.79 Å².